The number of carbonyl (C=O) groups is 1. The quantitative estimate of drug-likeness (QED) is 0.370. The molecular weight excluding hydrogens is 396 g/mol. The molecule has 0 atom stereocenters. The summed E-state index contributed by atoms with van der Waals surface area (Å²) in [5.74, 6) is -0.0982. The minimum Gasteiger partial charge on any atom is -0.351 e. The number of carbonyl (C=O) groups excluding carboxylic acids is 1. The molecule has 0 amide bonds. The Morgan fingerprint density at radius 1 is 1.14 bits per heavy atom. The van der Waals surface area contributed by atoms with Crippen LogP contribution < -0.4 is 10.5 Å². The van der Waals surface area contributed by atoms with Gasteiger partial charge in [-0.3, -0.25) is 24.1 Å². The highest BCUT2D eigenvalue weighted by Gasteiger charge is 2.32. The third-order valence-corrected chi connectivity index (χ3v) is 5.42. The van der Waals surface area contributed by atoms with Gasteiger partial charge in [-0.1, -0.05) is 17.7 Å². The lowest BCUT2D eigenvalue weighted by atomic mass is 9.89. The summed E-state index contributed by atoms with van der Waals surface area (Å²) in [4.78, 5) is 42.3. The number of rotatable bonds is 4. The second-order valence-electron chi connectivity index (χ2n) is 6.91. The van der Waals surface area contributed by atoms with Gasteiger partial charge in [0.15, 0.2) is 5.78 Å². The van der Waals surface area contributed by atoms with Gasteiger partial charge in [0.05, 0.1) is 4.92 Å². The maximum atomic E-state index is 12.7. The molecular formula is C20H17ClN4O4. The van der Waals surface area contributed by atoms with E-state index in [0.717, 1.165) is 0 Å². The fourth-order valence-corrected chi connectivity index (χ4v) is 3.78. The van der Waals surface area contributed by atoms with Crippen molar-refractivity contribution in [2.24, 2.45) is 5.92 Å². The van der Waals surface area contributed by atoms with E-state index in [0.29, 0.717) is 42.2 Å². The van der Waals surface area contributed by atoms with E-state index in [1.807, 2.05) is 0 Å². The largest absolute Gasteiger partial charge is 0.376 e. The van der Waals surface area contributed by atoms with Crippen molar-refractivity contribution in [3.05, 3.63) is 79.7 Å². The van der Waals surface area contributed by atoms with Gasteiger partial charge in [0.2, 0.25) is 5.82 Å². The van der Waals surface area contributed by atoms with Crippen molar-refractivity contribution < 1.29 is 9.72 Å². The standard InChI is InChI=1S/C20H17ClN4O4/c21-15-6-4-13(5-7-15)18(26)14-8-11-23(12-9-14)19-17(25(28)29)20(27)24-10-2-1-3-16(24)22-19/h1-7,10,14H,8-9,11-12H2. The minimum absolute atomic E-state index is 0.0300. The molecule has 1 aromatic carbocycles. The number of fused-ring (bicyclic) bond motifs is 1. The van der Waals surface area contributed by atoms with Crippen LogP contribution in [0, 0.1) is 16.0 Å². The Bertz CT molecular complexity index is 1150. The molecule has 0 unspecified atom stereocenters. The van der Waals surface area contributed by atoms with Gasteiger partial charge in [0.1, 0.15) is 5.65 Å². The molecule has 2 aromatic heterocycles. The molecule has 0 bridgehead atoms. The van der Waals surface area contributed by atoms with Crippen LogP contribution in [0.15, 0.2) is 53.5 Å². The molecule has 0 aliphatic carbocycles. The lowest BCUT2D eigenvalue weighted by molar-refractivity contribution is -0.385. The second-order valence-corrected chi connectivity index (χ2v) is 7.34. The number of Topliss-reactive ketones (excluding diaryl/α,β-unsaturated/α-hetero) is 1. The normalized spacial score (nSPS) is 14.9. The zero-order chi connectivity index (χ0) is 20.5. The minimum atomic E-state index is -0.713. The summed E-state index contributed by atoms with van der Waals surface area (Å²) in [6.07, 6.45) is 2.50. The van der Waals surface area contributed by atoms with Crippen molar-refractivity contribution in [3.63, 3.8) is 0 Å². The molecule has 148 valence electrons. The first-order valence-corrected chi connectivity index (χ1v) is 9.54. The molecule has 29 heavy (non-hydrogen) atoms. The SMILES string of the molecule is O=C(c1ccc(Cl)cc1)C1CCN(c2nc3ccccn3c(=O)c2[N+](=O)[O-])CC1. The smallest absolute Gasteiger partial charge is 0.351 e. The highest BCUT2D eigenvalue weighted by atomic mass is 35.5. The number of nitro groups is 1. The fraction of sp³-hybridized carbons (Fsp3) is 0.250. The van der Waals surface area contributed by atoms with E-state index in [-0.39, 0.29) is 17.5 Å². The maximum absolute atomic E-state index is 12.7. The van der Waals surface area contributed by atoms with Gasteiger partial charge < -0.3 is 4.90 Å². The Morgan fingerprint density at radius 3 is 2.48 bits per heavy atom. The number of aromatic nitrogens is 2. The monoisotopic (exact) mass is 412 g/mol. The number of anilines is 1. The number of piperidine rings is 1. The van der Waals surface area contributed by atoms with Crippen molar-refractivity contribution in [2.45, 2.75) is 12.8 Å². The van der Waals surface area contributed by atoms with Gasteiger partial charge in [-0.05, 0) is 49.2 Å². The van der Waals surface area contributed by atoms with Crippen molar-refractivity contribution in [3.8, 4) is 0 Å². The van der Waals surface area contributed by atoms with Crippen molar-refractivity contribution in [2.75, 3.05) is 18.0 Å². The molecule has 0 radical (unpaired) electrons. The van der Waals surface area contributed by atoms with Crippen molar-refractivity contribution in [1.29, 1.82) is 0 Å². The Kier molecular flexibility index (Phi) is 5.02. The van der Waals surface area contributed by atoms with Crippen LogP contribution in [0.2, 0.25) is 5.02 Å². The Balaban J connectivity index is 1.60. The third-order valence-electron chi connectivity index (χ3n) is 5.17. The molecule has 3 aromatic rings. The summed E-state index contributed by atoms with van der Waals surface area (Å²) >= 11 is 5.88. The van der Waals surface area contributed by atoms with Crippen LogP contribution >= 0.6 is 11.6 Å². The Hall–Kier alpha value is -3.26. The van der Waals surface area contributed by atoms with Crippen LogP contribution in [0.1, 0.15) is 23.2 Å². The van der Waals surface area contributed by atoms with Crippen LogP contribution in [-0.2, 0) is 0 Å². The molecule has 1 saturated heterocycles. The van der Waals surface area contributed by atoms with Crippen molar-refractivity contribution >= 4 is 34.5 Å². The molecule has 0 N–H and O–H groups in total. The van der Waals surface area contributed by atoms with Crippen LogP contribution in [0.4, 0.5) is 11.5 Å². The number of nitrogens with zero attached hydrogens (tertiary/aromatic N) is 4. The van der Waals surface area contributed by atoms with Gasteiger partial charge in [-0.2, -0.15) is 0 Å². The van der Waals surface area contributed by atoms with E-state index in [1.165, 1.54) is 10.6 Å². The summed E-state index contributed by atoms with van der Waals surface area (Å²) in [5, 5.41) is 12.1. The lowest BCUT2D eigenvalue weighted by Crippen LogP contribution is -2.38. The van der Waals surface area contributed by atoms with E-state index < -0.39 is 16.2 Å². The predicted octanol–water partition coefficient (Wildman–Crippen LogP) is 3.36. The molecule has 9 heteroatoms. The van der Waals surface area contributed by atoms with Gasteiger partial charge >= 0.3 is 11.2 Å². The molecule has 4 rings (SSSR count). The number of pyridine rings is 1. The summed E-state index contributed by atoms with van der Waals surface area (Å²) in [5.41, 5.74) is -0.315. The van der Waals surface area contributed by atoms with Crippen LogP contribution in [0.5, 0.6) is 0 Å². The molecule has 1 fully saturated rings. The predicted molar refractivity (Wildman–Crippen MR) is 109 cm³/mol. The van der Waals surface area contributed by atoms with Gasteiger partial charge in [-0.15, -0.1) is 0 Å². The average Bonchev–Trinajstić information content (AvgIpc) is 2.73. The zero-order valence-corrected chi connectivity index (χ0v) is 16.1. The van der Waals surface area contributed by atoms with Gasteiger partial charge in [-0.25, -0.2) is 4.98 Å². The van der Waals surface area contributed by atoms with E-state index in [2.05, 4.69) is 4.98 Å². The lowest BCUT2D eigenvalue weighted by Gasteiger charge is -2.31. The first kappa shape index (κ1) is 19.1. The first-order chi connectivity index (χ1) is 14.0. The summed E-state index contributed by atoms with van der Waals surface area (Å²) in [7, 11) is 0. The average molecular weight is 413 g/mol. The maximum Gasteiger partial charge on any atom is 0.376 e. The summed E-state index contributed by atoms with van der Waals surface area (Å²) in [6.45, 7) is 0.806. The summed E-state index contributed by atoms with van der Waals surface area (Å²) in [6, 6.07) is 11.7. The van der Waals surface area contributed by atoms with Crippen LogP contribution in [0.25, 0.3) is 5.65 Å². The van der Waals surface area contributed by atoms with Crippen LogP contribution in [-0.4, -0.2) is 33.2 Å². The molecule has 8 nitrogen and oxygen atoms in total. The number of hydrogen-bond donors (Lipinski definition) is 0. The Morgan fingerprint density at radius 2 is 1.83 bits per heavy atom. The topological polar surface area (TPSA) is 97.8 Å². The molecule has 0 saturated carbocycles. The van der Waals surface area contributed by atoms with Crippen LogP contribution in [0.3, 0.4) is 0 Å². The fourth-order valence-electron chi connectivity index (χ4n) is 3.65. The summed E-state index contributed by atoms with van der Waals surface area (Å²) < 4.78 is 1.17. The number of halogens is 1. The first-order valence-electron chi connectivity index (χ1n) is 9.16. The third kappa shape index (κ3) is 3.58. The molecule has 3 heterocycles. The molecule has 1 aliphatic heterocycles. The number of hydrogen-bond acceptors (Lipinski definition) is 6. The van der Waals surface area contributed by atoms with E-state index >= 15 is 0 Å². The second kappa shape index (κ2) is 7.63. The van der Waals surface area contributed by atoms with E-state index in [4.69, 9.17) is 11.6 Å². The van der Waals surface area contributed by atoms with Gasteiger partial charge in [0.25, 0.3) is 0 Å². The van der Waals surface area contributed by atoms with Gasteiger partial charge in [0, 0.05) is 35.8 Å². The molecule has 1 aliphatic rings. The van der Waals surface area contributed by atoms with E-state index in [9.17, 15) is 19.7 Å². The number of benzene rings is 1. The highest BCUT2D eigenvalue weighted by Crippen LogP contribution is 2.29. The molecule has 0 spiro atoms. The van der Waals surface area contributed by atoms with Crippen molar-refractivity contribution in [1.82, 2.24) is 9.38 Å². The highest BCUT2D eigenvalue weighted by molar-refractivity contribution is 6.30. The van der Waals surface area contributed by atoms with E-state index in [1.54, 1.807) is 47.4 Å². The Labute approximate surface area is 170 Å². The number of ketones is 1. The zero-order valence-electron chi connectivity index (χ0n) is 15.3.